The van der Waals surface area contributed by atoms with E-state index in [1.54, 1.807) is 30.3 Å². The second-order valence-corrected chi connectivity index (χ2v) is 8.15. The largest absolute Gasteiger partial charge is 0.493 e. The molecule has 37 heavy (non-hydrogen) atoms. The van der Waals surface area contributed by atoms with Crippen LogP contribution in [0.4, 0.5) is 5.69 Å². The number of carbonyl (C=O) groups is 2. The number of hydrogen-bond donors (Lipinski definition) is 3. The molecule has 0 aliphatic heterocycles. The van der Waals surface area contributed by atoms with Crippen LogP contribution in [0.25, 0.3) is 17.0 Å². The van der Waals surface area contributed by atoms with Crippen molar-refractivity contribution < 1.29 is 19.1 Å². The van der Waals surface area contributed by atoms with Crippen molar-refractivity contribution in [2.24, 2.45) is 0 Å². The Morgan fingerprint density at radius 3 is 2.59 bits per heavy atom. The molecule has 1 aromatic heterocycles. The van der Waals surface area contributed by atoms with Gasteiger partial charge in [0.15, 0.2) is 18.1 Å². The van der Waals surface area contributed by atoms with E-state index in [0.717, 1.165) is 16.5 Å². The Hall–Kier alpha value is -5.03. The van der Waals surface area contributed by atoms with Crippen molar-refractivity contribution >= 4 is 34.5 Å². The number of ether oxygens (including phenoxy) is 2. The predicted molar refractivity (Wildman–Crippen MR) is 142 cm³/mol. The van der Waals surface area contributed by atoms with Gasteiger partial charge in [0.25, 0.3) is 11.8 Å². The number of anilines is 1. The summed E-state index contributed by atoms with van der Waals surface area (Å²) in [6.07, 6.45) is 4.04. The third kappa shape index (κ3) is 6.55. The molecule has 0 spiro atoms. The van der Waals surface area contributed by atoms with E-state index in [9.17, 15) is 14.9 Å². The molecule has 0 aliphatic carbocycles. The lowest BCUT2D eigenvalue weighted by Crippen LogP contribution is -2.26. The first-order chi connectivity index (χ1) is 18.1. The number of fused-ring (bicyclic) bond motifs is 1. The van der Waals surface area contributed by atoms with E-state index in [4.69, 9.17) is 9.47 Å². The molecule has 1 heterocycles. The van der Waals surface area contributed by atoms with Gasteiger partial charge in [-0.15, -0.1) is 0 Å². The SMILES string of the molecule is COc1cc(/C=C(\C#N)C(=O)NCCc2c[nH]c3ccccc23)ccc1OCC(=O)Nc1ccccc1. The Morgan fingerprint density at radius 2 is 1.81 bits per heavy atom. The maximum absolute atomic E-state index is 12.6. The van der Waals surface area contributed by atoms with Crippen molar-refractivity contribution in [2.75, 3.05) is 25.6 Å². The van der Waals surface area contributed by atoms with Crippen LogP contribution >= 0.6 is 0 Å². The smallest absolute Gasteiger partial charge is 0.262 e. The number of methoxy groups -OCH3 is 1. The zero-order valence-corrected chi connectivity index (χ0v) is 20.3. The van der Waals surface area contributed by atoms with Gasteiger partial charge >= 0.3 is 0 Å². The Labute approximate surface area is 214 Å². The fraction of sp³-hybridized carbons (Fsp3) is 0.138. The van der Waals surface area contributed by atoms with Gasteiger partial charge in [0.2, 0.25) is 0 Å². The minimum atomic E-state index is -0.459. The number of nitrogens with zero attached hydrogens (tertiary/aromatic N) is 1. The number of para-hydroxylation sites is 2. The van der Waals surface area contributed by atoms with E-state index in [1.165, 1.54) is 13.2 Å². The van der Waals surface area contributed by atoms with Crippen LogP contribution in [-0.4, -0.2) is 37.1 Å². The first kappa shape index (κ1) is 25.1. The predicted octanol–water partition coefficient (Wildman–Crippen LogP) is 4.46. The average molecular weight is 495 g/mol. The summed E-state index contributed by atoms with van der Waals surface area (Å²) in [5, 5.41) is 16.2. The summed E-state index contributed by atoms with van der Waals surface area (Å²) in [7, 11) is 1.47. The number of rotatable bonds is 10. The number of carbonyl (C=O) groups excluding carboxylic acids is 2. The van der Waals surface area contributed by atoms with Gasteiger partial charge in [-0.2, -0.15) is 5.26 Å². The van der Waals surface area contributed by atoms with E-state index < -0.39 is 5.91 Å². The molecule has 0 unspecified atom stereocenters. The minimum absolute atomic E-state index is 0.0307. The molecular weight excluding hydrogens is 468 g/mol. The van der Waals surface area contributed by atoms with E-state index in [0.29, 0.717) is 35.7 Å². The highest BCUT2D eigenvalue weighted by molar-refractivity contribution is 6.01. The molecule has 186 valence electrons. The van der Waals surface area contributed by atoms with Crippen molar-refractivity contribution in [2.45, 2.75) is 6.42 Å². The third-order valence-electron chi connectivity index (χ3n) is 5.63. The van der Waals surface area contributed by atoms with Crippen LogP contribution in [0.2, 0.25) is 0 Å². The number of aromatic nitrogens is 1. The first-order valence-electron chi connectivity index (χ1n) is 11.7. The van der Waals surface area contributed by atoms with Gasteiger partial charge in [-0.25, -0.2) is 0 Å². The normalized spacial score (nSPS) is 11.0. The second-order valence-electron chi connectivity index (χ2n) is 8.15. The van der Waals surface area contributed by atoms with Crippen LogP contribution < -0.4 is 20.1 Å². The average Bonchev–Trinajstić information content (AvgIpc) is 3.34. The van der Waals surface area contributed by atoms with E-state index in [1.807, 2.05) is 54.7 Å². The molecule has 8 nitrogen and oxygen atoms in total. The van der Waals surface area contributed by atoms with E-state index in [-0.39, 0.29) is 18.1 Å². The summed E-state index contributed by atoms with van der Waals surface area (Å²) >= 11 is 0. The number of benzene rings is 3. The molecule has 3 aromatic carbocycles. The number of H-pyrrole nitrogens is 1. The van der Waals surface area contributed by atoms with Crippen molar-refractivity contribution in [1.29, 1.82) is 5.26 Å². The van der Waals surface area contributed by atoms with E-state index in [2.05, 4.69) is 15.6 Å². The molecule has 0 fully saturated rings. The standard InChI is InChI=1S/C29H26N4O4/c1-36-27-16-20(11-12-26(27)37-19-28(34)33-23-7-3-2-4-8-23)15-22(17-30)29(35)31-14-13-21-18-32-25-10-6-5-9-24(21)25/h2-12,15-16,18,32H,13-14,19H2,1H3,(H,31,35)(H,33,34)/b22-15+. The summed E-state index contributed by atoms with van der Waals surface area (Å²) in [5.74, 6) is -0.0321. The summed E-state index contributed by atoms with van der Waals surface area (Å²) in [4.78, 5) is 28.0. The number of nitrogens with one attached hydrogen (secondary N) is 3. The summed E-state index contributed by atoms with van der Waals surface area (Å²) in [6, 6.07) is 23.9. The van der Waals surface area contributed by atoms with Crippen molar-refractivity contribution in [1.82, 2.24) is 10.3 Å². The van der Waals surface area contributed by atoms with Crippen LogP contribution in [-0.2, 0) is 16.0 Å². The lowest BCUT2D eigenvalue weighted by molar-refractivity contribution is -0.118. The molecule has 2 amide bonds. The van der Waals surface area contributed by atoms with Crippen LogP contribution in [0.1, 0.15) is 11.1 Å². The van der Waals surface area contributed by atoms with Gasteiger partial charge in [-0.3, -0.25) is 9.59 Å². The fourth-order valence-corrected chi connectivity index (χ4v) is 3.81. The Bertz CT molecular complexity index is 1470. The number of aromatic amines is 1. The molecule has 8 heteroatoms. The molecule has 4 rings (SSSR count). The monoisotopic (exact) mass is 494 g/mol. The molecule has 0 saturated carbocycles. The Balaban J connectivity index is 1.35. The third-order valence-corrected chi connectivity index (χ3v) is 5.63. The number of amides is 2. The molecule has 0 saturated heterocycles. The van der Waals surface area contributed by atoms with Crippen molar-refractivity contribution in [3.8, 4) is 17.6 Å². The van der Waals surface area contributed by atoms with Crippen LogP contribution in [0.5, 0.6) is 11.5 Å². The highest BCUT2D eigenvalue weighted by atomic mass is 16.5. The number of hydrogen-bond acceptors (Lipinski definition) is 5. The first-order valence-corrected chi connectivity index (χ1v) is 11.7. The number of nitriles is 1. The quantitative estimate of drug-likeness (QED) is 0.222. The molecule has 3 N–H and O–H groups in total. The summed E-state index contributed by atoms with van der Waals surface area (Å²) < 4.78 is 11.0. The second kappa shape index (κ2) is 12.1. The van der Waals surface area contributed by atoms with Gasteiger partial charge in [0.05, 0.1) is 7.11 Å². The van der Waals surface area contributed by atoms with Crippen LogP contribution in [0.3, 0.4) is 0 Å². The van der Waals surface area contributed by atoms with Gasteiger partial charge < -0.3 is 25.1 Å². The van der Waals surface area contributed by atoms with Gasteiger partial charge in [0, 0.05) is 29.3 Å². The molecule has 0 aliphatic rings. The maximum Gasteiger partial charge on any atom is 0.262 e. The molecular formula is C29H26N4O4. The highest BCUT2D eigenvalue weighted by Crippen LogP contribution is 2.29. The molecule has 0 atom stereocenters. The fourth-order valence-electron chi connectivity index (χ4n) is 3.81. The van der Waals surface area contributed by atoms with Crippen LogP contribution in [0, 0.1) is 11.3 Å². The van der Waals surface area contributed by atoms with Gasteiger partial charge in [-0.1, -0.05) is 42.5 Å². The summed E-state index contributed by atoms with van der Waals surface area (Å²) in [5.41, 5.74) is 3.36. The molecule has 0 bridgehead atoms. The maximum atomic E-state index is 12.6. The Morgan fingerprint density at radius 1 is 1.03 bits per heavy atom. The summed E-state index contributed by atoms with van der Waals surface area (Å²) in [6.45, 7) is 0.184. The Kier molecular flexibility index (Phi) is 8.19. The van der Waals surface area contributed by atoms with Gasteiger partial charge in [0.1, 0.15) is 11.6 Å². The lowest BCUT2D eigenvalue weighted by atomic mass is 10.1. The lowest BCUT2D eigenvalue weighted by Gasteiger charge is -2.12. The van der Waals surface area contributed by atoms with Crippen LogP contribution in [0.15, 0.2) is 84.6 Å². The minimum Gasteiger partial charge on any atom is -0.493 e. The zero-order chi connectivity index (χ0) is 26.0. The molecule has 0 radical (unpaired) electrons. The highest BCUT2D eigenvalue weighted by Gasteiger charge is 2.12. The van der Waals surface area contributed by atoms with Gasteiger partial charge in [-0.05, 0) is 54.0 Å². The molecule has 4 aromatic rings. The van der Waals surface area contributed by atoms with E-state index >= 15 is 0 Å². The topological polar surface area (TPSA) is 116 Å². The van der Waals surface area contributed by atoms with Crippen molar-refractivity contribution in [3.05, 3.63) is 95.7 Å². The zero-order valence-electron chi connectivity index (χ0n) is 20.3. The van der Waals surface area contributed by atoms with Crippen molar-refractivity contribution in [3.63, 3.8) is 0 Å².